The van der Waals surface area contributed by atoms with Crippen molar-refractivity contribution in [1.82, 2.24) is 0 Å². The zero-order chi connectivity index (χ0) is 12.0. The fourth-order valence-corrected chi connectivity index (χ4v) is 1.73. The zero-order valence-corrected chi connectivity index (χ0v) is 10.3. The Morgan fingerprint density at radius 3 is 2.56 bits per heavy atom. The number of hydrogen-bond acceptors (Lipinski definition) is 3. The van der Waals surface area contributed by atoms with Crippen LogP contribution in [-0.2, 0) is 4.74 Å². The molecule has 0 saturated carbocycles. The molecule has 0 spiro atoms. The number of ether oxygens (including phenoxy) is 2. The summed E-state index contributed by atoms with van der Waals surface area (Å²) in [6, 6.07) is 7.90. The van der Waals surface area contributed by atoms with Crippen LogP contribution >= 0.6 is 0 Å². The van der Waals surface area contributed by atoms with E-state index in [1.165, 1.54) is 0 Å². The van der Waals surface area contributed by atoms with E-state index >= 15 is 0 Å². The Morgan fingerprint density at radius 2 is 1.94 bits per heavy atom. The van der Waals surface area contributed by atoms with Crippen molar-refractivity contribution < 1.29 is 9.47 Å². The smallest absolute Gasteiger partial charge is 0.123 e. The van der Waals surface area contributed by atoms with Crippen molar-refractivity contribution in [2.45, 2.75) is 19.4 Å². The Labute approximate surface area is 97.6 Å². The van der Waals surface area contributed by atoms with E-state index < -0.39 is 0 Å². The van der Waals surface area contributed by atoms with Gasteiger partial charge in [-0.25, -0.2) is 0 Å². The second-order valence-corrected chi connectivity index (χ2v) is 4.03. The van der Waals surface area contributed by atoms with Gasteiger partial charge in [-0.1, -0.05) is 25.1 Å². The van der Waals surface area contributed by atoms with Crippen LogP contribution in [0.25, 0.3) is 0 Å². The standard InChI is InChI=1S/C13H21NO2/c1-10(8-9-15-2)13(14)11-6-4-5-7-12(11)16-3/h4-7,10,13H,8-9,14H2,1-3H3. The van der Waals surface area contributed by atoms with Crippen LogP contribution in [0.5, 0.6) is 5.75 Å². The Hall–Kier alpha value is -1.06. The molecule has 90 valence electrons. The SMILES string of the molecule is COCCC(C)C(N)c1ccccc1OC. The molecule has 2 unspecified atom stereocenters. The number of benzene rings is 1. The van der Waals surface area contributed by atoms with Crippen LogP contribution in [0.15, 0.2) is 24.3 Å². The predicted octanol–water partition coefficient (Wildman–Crippen LogP) is 2.37. The number of methoxy groups -OCH3 is 2. The first-order chi connectivity index (χ1) is 7.70. The third-order valence-electron chi connectivity index (χ3n) is 2.89. The molecular formula is C13H21NO2. The zero-order valence-electron chi connectivity index (χ0n) is 10.3. The lowest BCUT2D eigenvalue weighted by Crippen LogP contribution is -2.21. The molecule has 16 heavy (non-hydrogen) atoms. The Kier molecular flexibility index (Phi) is 5.29. The summed E-state index contributed by atoms with van der Waals surface area (Å²) in [5, 5.41) is 0. The summed E-state index contributed by atoms with van der Waals surface area (Å²) >= 11 is 0. The lowest BCUT2D eigenvalue weighted by atomic mass is 9.92. The monoisotopic (exact) mass is 223 g/mol. The molecule has 0 aromatic heterocycles. The van der Waals surface area contributed by atoms with Crippen LogP contribution in [0.1, 0.15) is 24.9 Å². The van der Waals surface area contributed by atoms with Gasteiger partial charge >= 0.3 is 0 Å². The Bertz CT molecular complexity index is 315. The first-order valence-corrected chi connectivity index (χ1v) is 5.58. The molecule has 2 N–H and O–H groups in total. The van der Waals surface area contributed by atoms with Gasteiger partial charge in [0.15, 0.2) is 0 Å². The molecular weight excluding hydrogens is 202 g/mol. The molecule has 0 aliphatic rings. The van der Waals surface area contributed by atoms with Crippen molar-refractivity contribution in [2.75, 3.05) is 20.8 Å². The maximum absolute atomic E-state index is 6.22. The highest BCUT2D eigenvalue weighted by molar-refractivity contribution is 5.35. The molecule has 0 heterocycles. The fraction of sp³-hybridized carbons (Fsp3) is 0.538. The first-order valence-electron chi connectivity index (χ1n) is 5.58. The maximum atomic E-state index is 6.22. The lowest BCUT2D eigenvalue weighted by Gasteiger charge is -2.21. The quantitative estimate of drug-likeness (QED) is 0.805. The largest absolute Gasteiger partial charge is 0.496 e. The normalized spacial score (nSPS) is 14.5. The summed E-state index contributed by atoms with van der Waals surface area (Å²) < 4.78 is 10.4. The highest BCUT2D eigenvalue weighted by atomic mass is 16.5. The minimum atomic E-state index is -0.00806. The fourth-order valence-electron chi connectivity index (χ4n) is 1.73. The van der Waals surface area contributed by atoms with E-state index in [2.05, 4.69) is 6.92 Å². The van der Waals surface area contributed by atoms with E-state index in [0.717, 1.165) is 24.3 Å². The summed E-state index contributed by atoms with van der Waals surface area (Å²) in [5.41, 5.74) is 7.28. The molecule has 0 saturated heterocycles. The summed E-state index contributed by atoms with van der Waals surface area (Å²) in [6.07, 6.45) is 0.954. The lowest BCUT2D eigenvalue weighted by molar-refractivity contribution is 0.174. The molecule has 1 aromatic carbocycles. The molecule has 0 radical (unpaired) electrons. The Balaban J connectivity index is 2.74. The van der Waals surface area contributed by atoms with Crippen molar-refractivity contribution in [3.8, 4) is 5.75 Å². The highest BCUT2D eigenvalue weighted by Gasteiger charge is 2.17. The van der Waals surface area contributed by atoms with Crippen molar-refractivity contribution in [1.29, 1.82) is 0 Å². The van der Waals surface area contributed by atoms with Gasteiger partial charge in [-0.15, -0.1) is 0 Å². The van der Waals surface area contributed by atoms with Gasteiger partial charge in [0.2, 0.25) is 0 Å². The molecule has 0 fully saturated rings. The third-order valence-corrected chi connectivity index (χ3v) is 2.89. The number of rotatable bonds is 6. The first kappa shape index (κ1) is 13.0. The van der Waals surface area contributed by atoms with E-state index in [4.69, 9.17) is 15.2 Å². The van der Waals surface area contributed by atoms with Gasteiger partial charge in [0.05, 0.1) is 7.11 Å². The van der Waals surface area contributed by atoms with Gasteiger partial charge in [0, 0.05) is 25.3 Å². The van der Waals surface area contributed by atoms with Crippen LogP contribution in [0.3, 0.4) is 0 Å². The second kappa shape index (κ2) is 6.51. The number of nitrogens with two attached hydrogens (primary N) is 1. The minimum absolute atomic E-state index is 0.00806. The summed E-state index contributed by atoms with van der Waals surface area (Å²) in [4.78, 5) is 0. The van der Waals surface area contributed by atoms with Gasteiger partial charge in [-0.2, -0.15) is 0 Å². The highest BCUT2D eigenvalue weighted by Crippen LogP contribution is 2.29. The Morgan fingerprint density at radius 1 is 1.25 bits per heavy atom. The van der Waals surface area contributed by atoms with E-state index in [1.54, 1.807) is 14.2 Å². The van der Waals surface area contributed by atoms with Crippen LogP contribution < -0.4 is 10.5 Å². The van der Waals surface area contributed by atoms with Crippen molar-refractivity contribution >= 4 is 0 Å². The van der Waals surface area contributed by atoms with Gasteiger partial charge in [0.25, 0.3) is 0 Å². The van der Waals surface area contributed by atoms with Crippen LogP contribution in [0, 0.1) is 5.92 Å². The van der Waals surface area contributed by atoms with Gasteiger partial charge in [-0.3, -0.25) is 0 Å². The van der Waals surface area contributed by atoms with Crippen LogP contribution in [0.4, 0.5) is 0 Å². The molecule has 0 aliphatic carbocycles. The van der Waals surface area contributed by atoms with Crippen molar-refractivity contribution in [3.63, 3.8) is 0 Å². The molecule has 1 aromatic rings. The molecule has 0 aliphatic heterocycles. The van der Waals surface area contributed by atoms with E-state index in [9.17, 15) is 0 Å². The van der Waals surface area contributed by atoms with E-state index in [-0.39, 0.29) is 6.04 Å². The molecule has 0 amide bonds. The molecule has 0 bridgehead atoms. The van der Waals surface area contributed by atoms with Gasteiger partial charge in [0.1, 0.15) is 5.75 Å². The summed E-state index contributed by atoms with van der Waals surface area (Å²) in [6.45, 7) is 2.88. The van der Waals surface area contributed by atoms with Crippen molar-refractivity contribution in [3.05, 3.63) is 29.8 Å². The summed E-state index contributed by atoms with van der Waals surface area (Å²) in [7, 11) is 3.38. The average Bonchev–Trinajstić information content (AvgIpc) is 2.34. The van der Waals surface area contributed by atoms with E-state index in [1.807, 2.05) is 24.3 Å². The van der Waals surface area contributed by atoms with Crippen molar-refractivity contribution in [2.24, 2.45) is 11.7 Å². The number of para-hydroxylation sites is 1. The predicted molar refractivity (Wildman–Crippen MR) is 65.6 cm³/mol. The molecule has 2 atom stereocenters. The second-order valence-electron chi connectivity index (χ2n) is 4.03. The average molecular weight is 223 g/mol. The topological polar surface area (TPSA) is 44.5 Å². The van der Waals surface area contributed by atoms with Gasteiger partial charge in [-0.05, 0) is 18.4 Å². The summed E-state index contributed by atoms with van der Waals surface area (Å²) in [5.74, 6) is 1.23. The van der Waals surface area contributed by atoms with Crippen LogP contribution in [0.2, 0.25) is 0 Å². The molecule has 3 nitrogen and oxygen atoms in total. The molecule has 3 heteroatoms. The van der Waals surface area contributed by atoms with Gasteiger partial charge < -0.3 is 15.2 Å². The molecule has 1 rings (SSSR count). The van der Waals surface area contributed by atoms with Crippen LogP contribution in [-0.4, -0.2) is 20.8 Å². The van der Waals surface area contributed by atoms with E-state index in [0.29, 0.717) is 5.92 Å². The maximum Gasteiger partial charge on any atom is 0.123 e. The number of hydrogen-bond donors (Lipinski definition) is 1. The third kappa shape index (κ3) is 3.22. The minimum Gasteiger partial charge on any atom is -0.496 e.